The first-order chi connectivity index (χ1) is 10.4. The molecule has 0 amide bonds. The summed E-state index contributed by atoms with van der Waals surface area (Å²) in [4.78, 5) is 11.9. The van der Waals surface area contributed by atoms with Gasteiger partial charge in [0.2, 0.25) is 0 Å². The summed E-state index contributed by atoms with van der Waals surface area (Å²) in [5.74, 6) is 1.59. The van der Waals surface area contributed by atoms with Gasteiger partial charge in [-0.25, -0.2) is 0 Å². The topological polar surface area (TPSA) is 37.3 Å². The fourth-order valence-electron chi connectivity index (χ4n) is 5.42. The minimum atomic E-state index is -0.111. The van der Waals surface area contributed by atoms with Crippen LogP contribution in [0.2, 0.25) is 0 Å². The van der Waals surface area contributed by atoms with Gasteiger partial charge >= 0.3 is 0 Å². The standard InChI is InChI=1S/C20H32O2/c1-14-9-11-20(3)15(7-8-18(20)22)5-4-6-16-13-17(21)10-12-19(14,16)2/h13-15,18,22H,4-12H2,1-3H3/t14-,15-,18+,19-,20+/m1/s1. The average molecular weight is 304 g/mol. The van der Waals surface area contributed by atoms with Crippen LogP contribution in [0.15, 0.2) is 11.6 Å². The van der Waals surface area contributed by atoms with E-state index in [1.54, 1.807) is 0 Å². The second-order valence-electron chi connectivity index (χ2n) is 8.68. The number of carbonyl (C=O) groups is 1. The molecular weight excluding hydrogens is 272 g/mol. The minimum absolute atomic E-state index is 0.111. The highest BCUT2D eigenvalue weighted by Crippen LogP contribution is 2.54. The van der Waals surface area contributed by atoms with E-state index in [0.717, 1.165) is 25.7 Å². The Morgan fingerprint density at radius 2 is 1.86 bits per heavy atom. The van der Waals surface area contributed by atoms with Crippen molar-refractivity contribution in [2.75, 3.05) is 0 Å². The molecule has 1 N–H and O–H groups in total. The van der Waals surface area contributed by atoms with Crippen LogP contribution in [0.4, 0.5) is 0 Å². The van der Waals surface area contributed by atoms with Gasteiger partial charge < -0.3 is 5.11 Å². The SMILES string of the molecule is C[C@@H]1CC[C@@]2(C)[C@H](CCCC3=CC(=O)CC[C@@]31C)CC[C@@H]2O. The van der Waals surface area contributed by atoms with Crippen molar-refractivity contribution in [1.82, 2.24) is 0 Å². The number of hydrogen-bond acceptors (Lipinski definition) is 2. The summed E-state index contributed by atoms with van der Waals surface area (Å²) in [6.07, 6.45) is 11.5. The highest BCUT2D eigenvalue weighted by Gasteiger charge is 2.47. The maximum atomic E-state index is 11.9. The van der Waals surface area contributed by atoms with E-state index in [1.165, 1.54) is 31.3 Å². The first-order valence-corrected chi connectivity index (χ1v) is 9.28. The number of aliphatic hydroxyl groups excluding tert-OH is 1. The van der Waals surface area contributed by atoms with E-state index >= 15 is 0 Å². The van der Waals surface area contributed by atoms with Gasteiger partial charge in [0.05, 0.1) is 6.10 Å². The Hall–Kier alpha value is -0.630. The molecule has 0 unspecified atom stereocenters. The van der Waals surface area contributed by atoms with Crippen molar-refractivity contribution in [3.63, 3.8) is 0 Å². The molecule has 0 heterocycles. The number of rotatable bonds is 0. The summed E-state index contributed by atoms with van der Waals surface area (Å²) in [5, 5.41) is 10.5. The molecule has 124 valence electrons. The van der Waals surface area contributed by atoms with E-state index in [1.807, 2.05) is 6.08 Å². The summed E-state index contributed by atoms with van der Waals surface area (Å²) < 4.78 is 0. The lowest BCUT2D eigenvalue weighted by Crippen LogP contribution is -2.37. The molecule has 0 aromatic carbocycles. The van der Waals surface area contributed by atoms with Gasteiger partial charge in [-0.3, -0.25) is 4.79 Å². The summed E-state index contributed by atoms with van der Waals surface area (Å²) >= 11 is 0. The third-order valence-electron chi connectivity index (χ3n) is 7.64. The lowest BCUT2D eigenvalue weighted by atomic mass is 9.60. The summed E-state index contributed by atoms with van der Waals surface area (Å²) in [7, 11) is 0. The van der Waals surface area contributed by atoms with Crippen LogP contribution in [-0.4, -0.2) is 17.0 Å². The molecule has 0 aromatic rings. The van der Waals surface area contributed by atoms with Gasteiger partial charge in [-0.05, 0) is 80.1 Å². The quantitative estimate of drug-likeness (QED) is 0.706. The fourth-order valence-corrected chi connectivity index (χ4v) is 5.42. The van der Waals surface area contributed by atoms with Crippen molar-refractivity contribution in [1.29, 1.82) is 0 Å². The molecule has 3 rings (SSSR count). The first-order valence-electron chi connectivity index (χ1n) is 9.28. The maximum absolute atomic E-state index is 11.9. The van der Waals surface area contributed by atoms with Crippen molar-refractivity contribution >= 4 is 5.78 Å². The number of allylic oxidation sites excluding steroid dienone is 2. The predicted octanol–water partition coefficient (Wildman–Crippen LogP) is 4.66. The van der Waals surface area contributed by atoms with Crippen LogP contribution in [-0.2, 0) is 4.79 Å². The van der Waals surface area contributed by atoms with Crippen molar-refractivity contribution in [3.8, 4) is 0 Å². The predicted molar refractivity (Wildman–Crippen MR) is 89.5 cm³/mol. The third kappa shape index (κ3) is 2.58. The van der Waals surface area contributed by atoms with Gasteiger partial charge in [0.15, 0.2) is 5.78 Å². The molecule has 3 aliphatic carbocycles. The zero-order valence-electron chi connectivity index (χ0n) is 14.5. The van der Waals surface area contributed by atoms with E-state index in [0.29, 0.717) is 24.0 Å². The van der Waals surface area contributed by atoms with Crippen LogP contribution >= 0.6 is 0 Å². The van der Waals surface area contributed by atoms with E-state index in [-0.39, 0.29) is 16.9 Å². The van der Waals surface area contributed by atoms with Crippen LogP contribution in [0.25, 0.3) is 0 Å². The van der Waals surface area contributed by atoms with E-state index in [4.69, 9.17) is 0 Å². The van der Waals surface area contributed by atoms with E-state index in [2.05, 4.69) is 20.8 Å². The molecule has 3 aliphatic rings. The van der Waals surface area contributed by atoms with Crippen LogP contribution in [0.5, 0.6) is 0 Å². The maximum Gasteiger partial charge on any atom is 0.155 e. The largest absolute Gasteiger partial charge is 0.393 e. The molecule has 0 aromatic heterocycles. The molecule has 2 nitrogen and oxygen atoms in total. The Balaban J connectivity index is 1.87. The minimum Gasteiger partial charge on any atom is -0.393 e. The number of aliphatic hydroxyl groups is 1. The Kier molecular flexibility index (Phi) is 4.26. The third-order valence-corrected chi connectivity index (χ3v) is 7.64. The highest BCUT2D eigenvalue weighted by atomic mass is 16.3. The molecule has 0 aliphatic heterocycles. The van der Waals surface area contributed by atoms with Gasteiger partial charge in [0.25, 0.3) is 0 Å². The average Bonchev–Trinajstić information content (AvgIpc) is 2.76. The molecule has 0 radical (unpaired) electrons. The lowest BCUT2D eigenvalue weighted by molar-refractivity contribution is -0.116. The molecule has 0 spiro atoms. The lowest BCUT2D eigenvalue weighted by Gasteiger charge is -2.44. The van der Waals surface area contributed by atoms with E-state index in [9.17, 15) is 9.90 Å². The zero-order valence-corrected chi connectivity index (χ0v) is 14.5. The van der Waals surface area contributed by atoms with Gasteiger partial charge in [-0.15, -0.1) is 0 Å². The Bertz CT molecular complexity index is 480. The fraction of sp³-hybridized carbons (Fsp3) is 0.850. The summed E-state index contributed by atoms with van der Waals surface area (Å²) in [5.41, 5.74) is 1.73. The van der Waals surface area contributed by atoms with Gasteiger partial charge in [-0.1, -0.05) is 26.3 Å². The first kappa shape index (κ1) is 16.2. The summed E-state index contributed by atoms with van der Waals surface area (Å²) in [6, 6.07) is 0. The molecule has 2 fully saturated rings. The molecule has 2 saturated carbocycles. The van der Waals surface area contributed by atoms with Gasteiger partial charge in [0, 0.05) is 6.42 Å². The van der Waals surface area contributed by atoms with Gasteiger partial charge in [0.1, 0.15) is 0 Å². The molecule has 2 heteroatoms. The van der Waals surface area contributed by atoms with Crippen LogP contribution in [0.3, 0.4) is 0 Å². The van der Waals surface area contributed by atoms with Crippen LogP contribution < -0.4 is 0 Å². The Labute approximate surface area is 135 Å². The monoisotopic (exact) mass is 304 g/mol. The number of carbonyl (C=O) groups excluding carboxylic acids is 1. The van der Waals surface area contributed by atoms with Crippen molar-refractivity contribution in [2.24, 2.45) is 22.7 Å². The molecule has 0 saturated heterocycles. The van der Waals surface area contributed by atoms with Gasteiger partial charge in [-0.2, -0.15) is 0 Å². The molecule has 22 heavy (non-hydrogen) atoms. The van der Waals surface area contributed by atoms with E-state index < -0.39 is 0 Å². The molecular formula is C20H32O2. The molecule has 5 atom stereocenters. The smallest absolute Gasteiger partial charge is 0.155 e. The zero-order chi connectivity index (χ0) is 16.0. The number of ketones is 1. The second kappa shape index (κ2) is 5.78. The molecule has 0 bridgehead atoms. The van der Waals surface area contributed by atoms with Crippen LogP contribution in [0, 0.1) is 22.7 Å². The normalized spacial score (nSPS) is 46.6. The van der Waals surface area contributed by atoms with Crippen LogP contribution in [0.1, 0.15) is 78.6 Å². The van der Waals surface area contributed by atoms with Crippen molar-refractivity contribution in [3.05, 3.63) is 11.6 Å². The van der Waals surface area contributed by atoms with Crippen molar-refractivity contribution < 1.29 is 9.90 Å². The number of hydrogen-bond donors (Lipinski definition) is 1. The Morgan fingerprint density at radius 3 is 2.64 bits per heavy atom. The Morgan fingerprint density at radius 1 is 1.09 bits per heavy atom. The summed E-state index contributed by atoms with van der Waals surface area (Å²) in [6.45, 7) is 7.07. The van der Waals surface area contributed by atoms with Crippen molar-refractivity contribution in [2.45, 2.75) is 84.7 Å². The number of fused-ring (bicyclic) bond motifs is 2. The highest BCUT2D eigenvalue weighted by molar-refractivity contribution is 5.91. The second-order valence-corrected chi connectivity index (χ2v) is 8.68.